The van der Waals surface area contributed by atoms with Gasteiger partial charge in [-0.15, -0.1) is 11.6 Å². The average Bonchev–Trinajstić information content (AvgIpc) is 2.33. The van der Waals surface area contributed by atoms with Crippen molar-refractivity contribution in [3.05, 3.63) is 41.5 Å². The molecular weight excluding hydrogens is 244 g/mol. The quantitative estimate of drug-likeness (QED) is 0.553. The fraction of sp³-hybridized carbons (Fsp3) is 0.500. The van der Waals surface area contributed by atoms with Crippen molar-refractivity contribution >= 4 is 11.6 Å². The Labute approximate surface area is 116 Å². The van der Waals surface area contributed by atoms with E-state index in [0.717, 1.165) is 12.2 Å². The van der Waals surface area contributed by atoms with Crippen molar-refractivity contribution in [3.63, 3.8) is 0 Å². The number of rotatable bonds is 5. The highest BCUT2D eigenvalue weighted by Crippen LogP contribution is 2.32. The van der Waals surface area contributed by atoms with E-state index in [2.05, 4.69) is 45.9 Å². The van der Waals surface area contributed by atoms with Crippen LogP contribution >= 0.6 is 11.6 Å². The van der Waals surface area contributed by atoms with E-state index in [1.54, 1.807) is 0 Å². The molecule has 0 aromatic heterocycles. The first-order valence-electron chi connectivity index (χ1n) is 6.46. The Morgan fingerprint density at radius 3 is 2.50 bits per heavy atom. The monoisotopic (exact) mass is 266 g/mol. The van der Waals surface area contributed by atoms with Crippen molar-refractivity contribution in [1.82, 2.24) is 0 Å². The molecule has 1 nitrogen and oxygen atoms in total. The van der Waals surface area contributed by atoms with E-state index >= 15 is 0 Å². The van der Waals surface area contributed by atoms with Gasteiger partial charge >= 0.3 is 0 Å². The largest absolute Gasteiger partial charge is 0.489 e. The first kappa shape index (κ1) is 15.1. The van der Waals surface area contributed by atoms with Gasteiger partial charge in [-0.1, -0.05) is 52.0 Å². The minimum absolute atomic E-state index is 0.0940. The van der Waals surface area contributed by atoms with Crippen LogP contribution in [0.5, 0.6) is 5.75 Å². The molecule has 0 heterocycles. The Bertz CT molecular complexity index is 402. The maximum atomic E-state index is 5.82. The molecule has 100 valence electrons. The van der Waals surface area contributed by atoms with E-state index in [-0.39, 0.29) is 5.41 Å². The normalized spacial score (nSPS) is 12.1. The second kappa shape index (κ2) is 6.84. The number of allylic oxidation sites excluding steroid dienone is 1. The molecular formula is C16H23ClO. The van der Waals surface area contributed by atoms with Crippen LogP contribution in [0.3, 0.4) is 0 Å². The van der Waals surface area contributed by atoms with Crippen molar-refractivity contribution in [2.45, 2.75) is 39.5 Å². The summed E-state index contributed by atoms with van der Waals surface area (Å²) in [5.74, 6) is 1.50. The first-order chi connectivity index (χ1) is 8.49. The van der Waals surface area contributed by atoms with Crippen molar-refractivity contribution in [3.8, 4) is 5.75 Å². The first-order valence-corrected chi connectivity index (χ1v) is 6.99. The molecule has 2 heteroatoms. The lowest BCUT2D eigenvalue weighted by Gasteiger charge is -2.23. The molecule has 0 saturated carbocycles. The highest BCUT2D eigenvalue weighted by Gasteiger charge is 2.19. The summed E-state index contributed by atoms with van der Waals surface area (Å²) >= 11 is 5.58. The van der Waals surface area contributed by atoms with Crippen LogP contribution in [0.2, 0.25) is 0 Å². The Kier molecular flexibility index (Phi) is 5.74. The van der Waals surface area contributed by atoms with Gasteiger partial charge in [0.2, 0.25) is 0 Å². The minimum atomic E-state index is 0.0940. The second-order valence-electron chi connectivity index (χ2n) is 5.37. The topological polar surface area (TPSA) is 9.23 Å². The van der Waals surface area contributed by atoms with Gasteiger partial charge in [0.1, 0.15) is 12.4 Å². The van der Waals surface area contributed by atoms with Gasteiger partial charge in [0.25, 0.3) is 0 Å². The molecule has 0 spiro atoms. The SMILES string of the molecule is CCc1ccc(OCC=CCCl)c(C(C)(C)C)c1. The lowest BCUT2D eigenvalue weighted by atomic mass is 9.85. The van der Waals surface area contributed by atoms with Crippen LogP contribution in [0, 0.1) is 0 Å². The van der Waals surface area contributed by atoms with E-state index in [4.69, 9.17) is 16.3 Å². The summed E-state index contributed by atoms with van der Waals surface area (Å²) in [6.07, 6.45) is 4.90. The van der Waals surface area contributed by atoms with Gasteiger partial charge in [-0.25, -0.2) is 0 Å². The third-order valence-electron chi connectivity index (χ3n) is 2.85. The number of benzene rings is 1. The zero-order valence-corrected chi connectivity index (χ0v) is 12.6. The summed E-state index contributed by atoms with van der Waals surface area (Å²) in [5.41, 5.74) is 2.71. The summed E-state index contributed by atoms with van der Waals surface area (Å²) < 4.78 is 5.82. The molecule has 1 aromatic carbocycles. The summed E-state index contributed by atoms with van der Waals surface area (Å²) in [7, 11) is 0. The van der Waals surface area contributed by atoms with Crippen LogP contribution in [0.25, 0.3) is 0 Å². The predicted octanol–water partition coefficient (Wildman–Crippen LogP) is 4.72. The molecule has 0 saturated heterocycles. The van der Waals surface area contributed by atoms with Gasteiger partial charge in [-0.2, -0.15) is 0 Å². The van der Waals surface area contributed by atoms with E-state index in [0.29, 0.717) is 12.5 Å². The maximum absolute atomic E-state index is 5.82. The second-order valence-corrected chi connectivity index (χ2v) is 5.68. The Balaban J connectivity index is 2.92. The van der Waals surface area contributed by atoms with Crippen LogP contribution in [-0.2, 0) is 11.8 Å². The molecule has 1 aromatic rings. The smallest absolute Gasteiger partial charge is 0.123 e. The molecule has 0 unspecified atom stereocenters. The molecule has 0 atom stereocenters. The van der Waals surface area contributed by atoms with Gasteiger partial charge in [0.05, 0.1) is 0 Å². The van der Waals surface area contributed by atoms with Crippen LogP contribution in [-0.4, -0.2) is 12.5 Å². The van der Waals surface area contributed by atoms with Crippen LogP contribution in [0.15, 0.2) is 30.4 Å². The molecule has 18 heavy (non-hydrogen) atoms. The maximum Gasteiger partial charge on any atom is 0.123 e. The Morgan fingerprint density at radius 1 is 1.22 bits per heavy atom. The molecule has 0 amide bonds. The van der Waals surface area contributed by atoms with Gasteiger partial charge in [-0.05, 0) is 29.0 Å². The Hall–Kier alpha value is -0.950. The molecule has 0 N–H and O–H groups in total. The van der Waals surface area contributed by atoms with Crippen molar-refractivity contribution in [1.29, 1.82) is 0 Å². The van der Waals surface area contributed by atoms with Gasteiger partial charge in [-0.3, -0.25) is 0 Å². The zero-order chi connectivity index (χ0) is 13.6. The fourth-order valence-electron chi connectivity index (χ4n) is 1.78. The number of hydrogen-bond acceptors (Lipinski definition) is 1. The molecule has 0 aliphatic heterocycles. The van der Waals surface area contributed by atoms with Gasteiger partial charge < -0.3 is 4.74 Å². The average molecular weight is 267 g/mol. The number of ether oxygens (including phenoxy) is 1. The minimum Gasteiger partial charge on any atom is -0.489 e. The third-order valence-corrected chi connectivity index (χ3v) is 3.03. The third kappa shape index (κ3) is 4.38. The lowest BCUT2D eigenvalue weighted by Crippen LogP contribution is -2.14. The Morgan fingerprint density at radius 2 is 1.94 bits per heavy atom. The highest BCUT2D eigenvalue weighted by molar-refractivity contribution is 6.18. The highest BCUT2D eigenvalue weighted by atomic mass is 35.5. The zero-order valence-electron chi connectivity index (χ0n) is 11.8. The van der Waals surface area contributed by atoms with E-state index in [1.807, 2.05) is 12.2 Å². The molecule has 0 bridgehead atoms. The van der Waals surface area contributed by atoms with E-state index in [9.17, 15) is 0 Å². The number of halogens is 1. The fourth-order valence-corrected chi connectivity index (χ4v) is 1.90. The number of hydrogen-bond donors (Lipinski definition) is 0. The molecule has 0 aliphatic carbocycles. The summed E-state index contributed by atoms with van der Waals surface area (Å²) in [4.78, 5) is 0. The van der Waals surface area contributed by atoms with Crippen molar-refractivity contribution in [2.24, 2.45) is 0 Å². The standard InChI is InChI=1S/C16H23ClO/c1-5-13-8-9-15(18-11-7-6-10-17)14(12-13)16(2,3)4/h6-9,12H,5,10-11H2,1-4H3. The van der Waals surface area contributed by atoms with E-state index in [1.165, 1.54) is 11.1 Å². The van der Waals surface area contributed by atoms with Crippen molar-refractivity contribution in [2.75, 3.05) is 12.5 Å². The summed E-state index contributed by atoms with van der Waals surface area (Å²) in [5, 5.41) is 0. The van der Waals surface area contributed by atoms with Crippen molar-refractivity contribution < 1.29 is 4.74 Å². The molecule has 0 radical (unpaired) electrons. The molecule has 0 fully saturated rings. The van der Waals surface area contributed by atoms with Gasteiger partial charge in [0.15, 0.2) is 0 Å². The molecule has 1 rings (SSSR count). The summed E-state index contributed by atoms with van der Waals surface area (Å²) in [6, 6.07) is 6.46. The van der Waals surface area contributed by atoms with Crippen LogP contribution in [0.4, 0.5) is 0 Å². The van der Waals surface area contributed by atoms with E-state index < -0.39 is 0 Å². The predicted molar refractivity (Wildman–Crippen MR) is 79.9 cm³/mol. The summed E-state index contributed by atoms with van der Waals surface area (Å²) in [6.45, 7) is 9.38. The number of aryl methyl sites for hydroxylation is 1. The van der Waals surface area contributed by atoms with Crippen LogP contribution in [0.1, 0.15) is 38.8 Å². The lowest BCUT2D eigenvalue weighted by molar-refractivity contribution is 0.350. The van der Waals surface area contributed by atoms with Gasteiger partial charge in [0, 0.05) is 5.88 Å². The molecule has 0 aliphatic rings. The number of alkyl halides is 1. The van der Waals surface area contributed by atoms with Crippen LogP contribution < -0.4 is 4.74 Å².